The first-order chi connectivity index (χ1) is 13.0. The monoisotopic (exact) mass is 364 g/mol. The van der Waals surface area contributed by atoms with Crippen LogP contribution in [0.2, 0.25) is 0 Å². The molecule has 27 heavy (non-hydrogen) atoms. The molecule has 1 aromatic heterocycles. The van der Waals surface area contributed by atoms with Crippen LogP contribution in [0, 0.1) is 19.8 Å². The number of carbonyl (C=O) groups is 1. The van der Waals surface area contributed by atoms with E-state index in [1.807, 2.05) is 17.9 Å². The SMILES string of the molecule is Cc1ccccc1CN1C[C@@H]2C[C@@H](c3cnn(C)c3C)N3CCC[C@@]23C1=O. The van der Waals surface area contributed by atoms with E-state index in [1.165, 1.54) is 22.4 Å². The summed E-state index contributed by atoms with van der Waals surface area (Å²) in [4.78, 5) is 18.3. The highest BCUT2D eigenvalue weighted by Gasteiger charge is 2.65. The lowest BCUT2D eigenvalue weighted by Gasteiger charge is -2.33. The van der Waals surface area contributed by atoms with Crippen LogP contribution in [0.5, 0.6) is 0 Å². The van der Waals surface area contributed by atoms with Crippen LogP contribution in [0.4, 0.5) is 0 Å². The third-order valence-electron chi connectivity index (χ3n) is 7.38. The number of hydrogen-bond acceptors (Lipinski definition) is 3. The van der Waals surface area contributed by atoms with E-state index in [9.17, 15) is 4.79 Å². The van der Waals surface area contributed by atoms with Crippen LogP contribution < -0.4 is 0 Å². The third kappa shape index (κ3) is 2.27. The van der Waals surface area contributed by atoms with Gasteiger partial charge >= 0.3 is 0 Å². The molecular formula is C22H28N4O. The molecule has 3 fully saturated rings. The van der Waals surface area contributed by atoms with E-state index in [-0.39, 0.29) is 5.54 Å². The summed E-state index contributed by atoms with van der Waals surface area (Å²) in [5, 5.41) is 4.46. The fourth-order valence-electron chi connectivity index (χ4n) is 5.85. The molecule has 3 atom stereocenters. The molecule has 0 radical (unpaired) electrons. The number of carbonyl (C=O) groups excluding carboxylic acids is 1. The summed E-state index contributed by atoms with van der Waals surface area (Å²) in [6.45, 7) is 6.94. The van der Waals surface area contributed by atoms with Crippen molar-refractivity contribution in [1.29, 1.82) is 0 Å². The molecule has 2 aromatic rings. The first kappa shape index (κ1) is 17.0. The lowest BCUT2D eigenvalue weighted by Crippen LogP contribution is -2.49. The Morgan fingerprint density at radius 1 is 1.26 bits per heavy atom. The highest BCUT2D eigenvalue weighted by Crippen LogP contribution is 2.56. The van der Waals surface area contributed by atoms with Crippen LogP contribution in [-0.4, -0.2) is 44.1 Å². The predicted molar refractivity (Wildman–Crippen MR) is 104 cm³/mol. The van der Waals surface area contributed by atoms with Gasteiger partial charge in [-0.2, -0.15) is 5.10 Å². The Morgan fingerprint density at radius 3 is 2.81 bits per heavy atom. The average Bonchev–Trinajstić information content (AvgIpc) is 3.36. The predicted octanol–water partition coefficient (Wildman–Crippen LogP) is 2.97. The molecule has 142 valence electrons. The Hall–Kier alpha value is -2.14. The van der Waals surface area contributed by atoms with E-state index >= 15 is 0 Å². The van der Waals surface area contributed by atoms with Crippen molar-refractivity contribution in [3.8, 4) is 0 Å². The maximum Gasteiger partial charge on any atom is 0.243 e. The molecule has 0 unspecified atom stereocenters. The molecule has 1 amide bonds. The molecular weight excluding hydrogens is 336 g/mol. The first-order valence-electron chi connectivity index (χ1n) is 10.1. The number of likely N-dealkylation sites (tertiary alicyclic amines) is 1. The van der Waals surface area contributed by atoms with Crippen molar-refractivity contribution in [2.24, 2.45) is 13.0 Å². The number of benzene rings is 1. The zero-order chi connectivity index (χ0) is 18.8. The maximum absolute atomic E-state index is 13.6. The third-order valence-corrected chi connectivity index (χ3v) is 7.38. The van der Waals surface area contributed by atoms with E-state index < -0.39 is 0 Å². The lowest BCUT2D eigenvalue weighted by atomic mass is 9.85. The van der Waals surface area contributed by atoms with Gasteiger partial charge in [0.25, 0.3) is 0 Å². The Labute approximate surface area is 161 Å². The minimum absolute atomic E-state index is 0.268. The highest BCUT2D eigenvalue weighted by atomic mass is 16.2. The highest BCUT2D eigenvalue weighted by molar-refractivity contribution is 5.90. The van der Waals surface area contributed by atoms with Crippen LogP contribution in [-0.2, 0) is 18.4 Å². The Bertz CT molecular complexity index is 903. The van der Waals surface area contributed by atoms with Gasteiger partial charge in [-0.3, -0.25) is 14.4 Å². The quantitative estimate of drug-likeness (QED) is 0.841. The molecule has 3 saturated heterocycles. The van der Waals surface area contributed by atoms with E-state index in [0.717, 1.165) is 38.9 Å². The zero-order valence-corrected chi connectivity index (χ0v) is 16.5. The summed E-state index contributed by atoms with van der Waals surface area (Å²) in [5.74, 6) is 0.790. The van der Waals surface area contributed by atoms with Gasteiger partial charge in [0.15, 0.2) is 0 Å². The van der Waals surface area contributed by atoms with Gasteiger partial charge < -0.3 is 4.90 Å². The van der Waals surface area contributed by atoms with E-state index in [4.69, 9.17) is 0 Å². The molecule has 1 spiro atoms. The van der Waals surface area contributed by atoms with Crippen LogP contribution in [0.1, 0.15) is 47.7 Å². The minimum Gasteiger partial charge on any atom is -0.336 e. The Morgan fingerprint density at radius 2 is 2.07 bits per heavy atom. The average molecular weight is 364 g/mol. The fraction of sp³-hybridized carbons (Fsp3) is 0.545. The van der Waals surface area contributed by atoms with Crippen molar-refractivity contribution in [3.63, 3.8) is 0 Å². The van der Waals surface area contributed by atoms with Crippen LogP contribution in [0.25, 0.3) is 0 Å². The van der Waals surface area contributed by atoms with Crippen molar-refractivity contribution in [3.05, 3.63) is 52.8 Å². The molecule has 5 nitrogen and oxygen atoms in total. The number of aryl methyl sites for hydroxylation is 2. The Kier molecular flexibility index (Phi) is 3.73. The second-order valence-corrected chi connectivity index (χ2v) is 8.59. The summed E-state index contributed by atoms with van der Waals surface area (Å²) in [5.41, 5.74) is 4.81. The normalized spacial score (nSPS) is 30.2. The van der Waals surface area contributed by atoms with Crippen molar-refractivity contribution in [1.82, 2.24) is 19.6 Å². The molecule has 5 rings (SSSR count). The number of aromatic nitrogens is 2. The molecule has 1 aromatic carbocycles. The second-order valence-electron chi connectivity index (χ2n) is 8.59. The van der Waals surface area contributed by atoms with Gasteiger partial charge in [-0.05, 0) is 50.8 Å². The molecule has 3 aliphatic rings. The summed E-state index contributed by atoms with van der Waals surface area (Å²) in [6.07, 6.45) is 5.22. The molecule has 0 aliphatic carbocycles. The lowest BCUT2D eigenvalue weighted by molar-refractivity contribution is -0.137. The van der Waals surface area contributed by atoms with Crippen molar-refractivity contribution in [2.75, 3.05) is 13.1 Å². The molecule has 4 heterocycles. The zero-order valence-electron chi connectivity index (χ0n) is 16.5. The summed E-state index contributed by atoms with van der Waals surface area (Å²) in [6, 6.07) is 8.78. The maximum atomic E-state index is 13.6. The fourth-order valence-corrected chi connectivity index (χ4v) is 5.85. The number of nitrogens with zero attached hydrogens (tertiary/aromatic N) is 4. The molecule has 3 aliphatic heterocycles. The van der Waals surface area contributed by atoms with Crippen molar-refractivity contribution >= 4 is 5.91 Å². The molecule has 0 N–H and O–H groups in total. The van der Waals surface area contributed by atoms with Gasteiger partial charge in [-0.25, -0.2) is 0 Å². The Balaban J connectivity index is 1.45. The van der Waals surface area contributed by atoms with Gasteiger partial charge in [-0.1, -0.05) is 24.3 Å². The molecule has 0 bridgehead atoms. The standard InChI is InChI=1S/C22H28N4O/c1-15-7-4-5-8-17(15)13-25-14-18-11-20(19-12-23-24(3)16(19)2)26-10-6-9-22(18,26)21(25)27/h4-5,7-8,12,18,20H,6,9-11,13-14H2,1-3H3/t18-,20-,22-/m0/s1. The largest absolute Gasteiger partial charge is 0.336 e. The first-order valence-corrected chi connectivity index (χ1v) is 10.1. The second kappa shape index (κ2) is 5.93. The van der Waals surface area contributed by atoms with Gasteiger partial charge in [0, 0.05) is 43.4 Å². The van der Waals surface area contributed by atoms with Crippen LogP contribution in [0.15, 0.2) is 30.5 Å². The van der Waals surface area contributed by atoms with Crippen LogP contribution in [0.3, 0.4) is 0 Å². The molecule has 0 saturated carbocycles. The minimum atomic E-state index is -0.268. The van der Waals surface area contributed by atoms with Gasteiger partial charge in [0.05, 0.1) is 6.20 Å². The summed E-state index contributed by atoms with van der Waals surface area (Å²) < 4.78 is 1.96. The summed E-state index contributed by atoms with van der Waals surface area (Å²) in [7, 11) is 2.00. The van der Waals surface area contributed by atoms with E-state index in [2.05, 4.69) is 53.0 Å². The molecule has 5 heteroatoms. The van der Waals surface area contributed by atoms with Gasteiger partial charge in [0.2, 0.25) is 5.91 Å². The van der Waals surface area contributed by atoms with E-state index in [0.29, 0.717) is 17.9 Å². The number of amides is 1. The van der Waals surface area contributed by atoms with E-state index in [1.54, 1.807) is 0 Å². The van der Waals surface area contributed by atoms with Crippen molar-refractivity contribution < 1.29 is 4.79 Å². The number of rotatable bonds is 3. The summed E-state index contributed by atoms with van der Waals surface area (Å²) >= 11 is 0. The van der Waals surface area contributed by atoms with Gasteiger partial charge in [0.1, 0.15) is 5.54 Å². The smallest absolute Gasteiger partial charge is 0.243 e. The van der Waals surface area contributed by atoms with Crippen molar-refractivity contribution in [2.45, 2.75) is 51.2 Å². The van der Waals surface area contributed by atoms with Gasteiger partial charge in [-0.15, -0.1) is 0 Å². The van der Waals surface area contributed by atoms with Crippen LogP contribution >= 0.6 is 0 Å². The number of hydrogen-bond donors (Lipinski definition) is 0. The topological polar surface area (TPSA) is 41.4 Å².